The fraction of sp³-hybridized carbons (Fsp3) is 0.391. The Morgan fingerprint density at radius 2 is 1.83 bits per heavy atom. The fourth-order valence-electron chi connectivity index (χ4n) is 3.52. The molecule has 3 rings (SSSR count). The van der Waals surface area contributed by atoms with Gasteiger partial charge in [-0.25, -0.2) is 4.99 Å². The van der Waals surface area contributed by atoms with Crippen LogP contribution in [0.1, 0.15) is 31.4 Å². The molecule has 6 nitrogen and oxygen atoms in total. The third-order valence-corrected chi connectivity index (χ3v) is 5.12. The molecular weight excluding hydrogens is 491 g/mol. The Balaban J connectivity index is 0.00000320. The Labute approximate surface area is 195 Å². The van der Waals surface area contributed by atoms with E-state index in [0.29, 0.717) is 12.5 Å². The number of aliphatic hydroxyl groups is 1. The molecule has 162 valence electrons. The zero-order valence-electron chi connectivity index (χ0n) is 17.6. The minimum atomic E-state index is -1.05. The van der Waals surface area contributed by atoms with Gasteiger partial charge in [-0.3, -0.25) is 4.79 Å². The van der Waals surface area contributed by atoms with E-state index in [1.807, 2.05) is 60.4 Å². The number of nitrogens with one attached hydrogen (secondary N) is 2. The van der Waals surface area contributed by atoms with Crippen LogP contribution < -0.4 is 15.5 Å². The maximum atomic E-state index is 12.8. The van der Waals surface area contributed by atoms with Crippen molar-refractivity contribution in [2.75, 3.05) is 31.1 Å². The summed E-state index contributed by atoms with van der Waals surface area (Å²) in [6.07, 6.45) is 1.96. The quantitative estimate of drug-likeness (QED) is 0.310. The minimum Gasteiger partial charge on any atom is -0.384 e. The number of benzene rings is 2. The molecule has 0 aliphatic carbocycles. The molecule has 0 saturated heterocycles. The maximum absolute atomic E-state index is 12.8. The van der Waals surface area contributed by atoms with E-state index in [-0.39, 0.29) is 43.0 Å². The summed E-state index contributed by atoms with van der Waals surface area (Å²) in [6.45, 7) is 5.45. The number of carbonyl (C=O) groups is 1. The fourth-order valence-corrected chi connectivity index (χ4v) is 3.52. The molecule has 1 amide bonds. The SMILES string of the molecule is CCNC(=NCC(=O)N1CCCc2ccccc21)NCC(C)(O)c1ccccc1.I. The molecule has 30 heavy (non-hydrogen) atoms. The predicted molar refractivity (Wildman–Crippen MR) is 133 cm³/mol. The van der Waals surface area contributed by atoms with E-state index in [1.165, 1.54) is 5.56 Å². The Bertz CT molecular complexity index is 855. The van der Waals surface area contributed by atoms with Gasteiger partial charge in [-0.2, -0.15) is 0 Å². The normalized spacial score (nSPS) is 15.4. The monoisotopic (exact) mass is 522 g/mol. The summed E-state index contributed by atoms with van der Waals surface area (Å²) in [4.78, 5) is 19.1. The van der Waals surface area contributed by atoms with Crippen LogP contribution in [0.15, 0.2) is 59.6 Å². The van der Waals surface area contributed by atoms with Crippen molar-refractivity contribution in [2.24, 2.45) is 4.99 Å². The van der Waals surface area contributed by atoms with E-state index in [1.54, 1.807) is 6.92 Å². The molecule has 2 aromatic rings. The third-order valence-electron chi connectivity index (χ3n) is 5.12. The summed E-state index contributed by atoms with van der Waals surface area (Å²) in [6, 6.07) is 17.6. The Morgan fingerprint density at radius 1 is 1.13 bits per heavy atom. The van der Waals surface area contributed by atoms with E-state index in [2.05, 4.69) is 21.7 Å². The molecular formula is C23H31IN4O2. The summed E-state index contributed by atoms with van der Waals surface area (Å²) in [5.74, 6) is 0.492. The Morgan fingerprint density at radius 3 is 2.57 bits per heavy atom. The number of guanidine groups is 1. The molecule has 2 aromatic carbocycles. The van der Waals surface area contributed by atoms with Crippen molar-refractivity contribution in [2.45, 2.75) is 32.3 Å². The highest BCUT2D eigenvalue weighted by molar-refractivity contribution is 14.0. The van der Waals surface area contributed by atoms with Gasteiger partial charge in [-0.05, 0) is 43.9 Å². The smallest absolute Gasteiger partial charge is 0.248 e. The van der Waals surface area contributed by atoms with E-state index in [4.69, 9.17) is 0 Å². The number of para-hydroxylation sites is 1. The zero-order chi connectivity index (χ0) is 20.7. The molecule has 1 heterocycles. The van der Waals surface area contributed by atoms with Crippen molar-refractivity contribution < 1.29 is 9.90 Å². The van der Waals surface area contributed by atoms with Crippen molar-refractivity contribution >= 4 is 41.5 Å². The van der Waals surface area contributed by atoms with Crippen LogP contribution in [0, 0.1) is 0 Å². The molecule has 1 aliphatic heterocycles. The van der Waals surface area contributed by atoms with Crippen LogP contribution in [-0.2, 0) is 16.8 Å². The van der Waals surface area contributed by atoms with Gasteiger partial charge < -0.3 is 20.6 Å². The minimum absolute atomic E-state index is 0. The van der Waals surface area contributed by atoms with Crippen molar-refractivity contribution in [3.05, 3.63) is 65.7 Å². The first-order valence-corrected chi connectivity index (χ1v) is 10.2. The van der Waals surface area contributed by atoms with E-state index in [0.717, 1.165) is 30.6 Å². The van der Waals surface area contributed by atoms with Crippen LogP contribution in [0.25, 0.3) is 0 Å². The lowest BCUT2D eigenvalue weighted by Gasteiger charge is -2.29. The number of anilines is 1. The highest BCUT2D eigenvalue weighted by atomic mass is 127. The lowest BCUT2D eigenvalue weighted by Crippen LogP contribution is -2.45. The molecule has 0 fully saturated rings. The number of carbonyl (C=O) groups excluding carboxylic acids is 1. The van der Waals surface area contributed by atoms with Crippen molar-refractivity contribution in [1.29, 1.82) is 0 Å². The number of hydrogen-bond acceptors (Lipinski definition) is 3. The van der Waals surface area contributed by atoms with Gasteiger partial charge in [0, 0.05) is 18.8 Å². The van der Waals surface area contributed by atoms with Crippen molar-refractivity contribution in [3.63, 3.8) is 0 Å². The van der Waals surface area contributed by atoms with Crippen LogP contribution >= 0.6 is 24.0 Å². The molecule has 3 N–H and O–H groups in total. The van der Waals surface area contributed by atoms with Crippen molar-refractivity contribution in [3.8, 4) is 0 Å². The molecule has 1 atom stereocenters. The summed E-state index contributed by atoms with van der Waals surface area (Å²) < 4.78 is 0. The van der Waals surface area contributed by atoms with Crippen LogP contribution in [0.5, 0.6) is 0 Å². The summed E-state index contributed by atoms with van der Waals surface area (Å²) >= 11 is 0. The van der Waals surface area contributed by atoms with Gasteiger partial charge in [0.05, 0.1) is 6.54 Å². The second-order valence-electron chi connectivity index (χ2n) is 7.47. The molecule has 7 heteroatoms. The van der Waals surface area contributed by atoms with E-state index >= 15 is 0 Å². The molecule has 0 saturated carbocycles. The maximum Gasteiger partial charge on any atom is 0.248 e. The van der Waals surface area contributed by atoms with Crippen LogP contribution in [0.4, 0.5) is 5.69 Å². The molecule has 1 aliphatic rings. The third kappa shape index (κ3) is 6.18. The van der Waals surface area contributed by atoms with Gasteiger partial charge in [-0.15, -0.1) is 24.0 Å². The number of halogens is 1. The average Bonchev–Trinajstić information content (AvgIpc) is 2.75. The van der Waals surface area contributed by atoms with Gasteiger partial charge in [0.15, 0.2) is 5.96 Å². The summed E-state index contributed by atoms with van der Waals surface area (Å²) in [5.41, 5.74) is 1.97. The van der Waals surface area contributed by atoms with Gasteiger partial charge in [0.1, 0.15) is 12.1 Å². The predicted octanol–water partition coefficient (Wildman–Crippen LogP) is 3.05. The lowest BCUT2D eigenvalue weighted by atomic mass is 9.96. The standard InChI is InChI=1S/C23H30N4O2.HI/c1-3-24-22(26-17-23(2,29)19-12-5-4-6-13-19)25-16-21(28)27-15-9-11-18-10-7-8-14-20(18)27;/h4-8,10,12-14,29H,3,9,11,15-17H2,1-2H3,(H2,24,25,26);1H. The van der Waals surface area contributed by atoms with Crippen LogP contribution in [-0.4, -0.2) is 43.2 Å². The highest BCUT2D eigenvalue weighted by Crippen LogP contribution is 2.26. The number of nitrogens with zero attached hydrogens (tertiary/aromatic N) is 2. The highest BCUT2D eigenvalue weighted by Gasteiger charge is 2.24. The van der Waals surface area contributed by atoms with Gasteiger partial charge in [-0.1, -0.05) is 48.5 Å². The topological polar surface area (TPSA) is 77.0 Å². The largest absolute Gasteiger partial charge is 0.384 e. The number of amides is 1. The first-order valence-electron chi connectivity index (χ1n) is 10.2. The molecule has 0 spiro atoms. The second kappa shape index (κ2) is 11.3. The molecule has 1 unspecified atom stereocenters. The van der Waals surface area contributed by atoms with Crippen molar-refractivity contribution in [1.82, 2.24) is 10.6 Å². The van der Waals surface area contributed by atoms with Gasteiger partial charge >= 0.3 is 0 Å². The van der Waals surface area contributed by atoms with E-state index < -0.39 is 5.60 Å². The Hall–Kier alpha value is -2.13. The van der Waals surface area contributed by atoms with Crippen LogP contribution in [0.2, 0.25) is 0 Å². The second-order valence-corrected chi connectivity index (χ2v) is 7.47. The molecule has 0 radical (unpaired) electrons. The summed E-state index contributed by atoms with van der Waals surface area (Å²) in [5, 5.41) is 17.1. The summed E-state index contributed by atoms with van der Waals surface area (Å²) in [7, 11) is 0. The number of aryl methyl sites for hydroxylation is 1. The molecule has 0 bridgehead atoms. The number of fused-ring (bicyclic) bond motifs is 1. The first-order chi connectivity index (χ1) is 14.0. The number of rotatable bonds is 6. The average molecular weight is 522 g/mol. The van der Waals surface area contributed by atoms with Crippen LogP contribution in [0.3, 0.4) is 0 Å². The van der Waals surface area contributed by atoms with Gasteiger partial charge in [0.25, 0.3) is 0 Å². The van der Waals surface area contributed by atoms with E-state index in [9.17, 15) is 9.90 Å². The number of aliphatic imine (C=N–C) groups is 1. The first kappa shape index (κ1) is 24.1. The Kier molecular flexibility index (Phi) is 9.10. The number of hydrogen-bond donors (Lipinski definition) is 3. The van der Waals surface area contributed by atoms with Gasteiger partial charge in [0.2, 0.25) is 5.91 Å². The molecule has 0 aromatic heterocycles. The lowest BCUT2D eigenvalue weighted by molar-refractivity contribution is -0.117. The zero-order valence-corrected chi connectivity index (χ0v) is 19.9.